The Morgan fingerprint density at radius 2 is 2.13 bits per heavy atom. The van der Waals surface area contributed by atoms with Gasteiger partial charge in [0.15, 0.2) is 9.84 Å². The van der Waals surface area contributed by atoms with E-state index in [4.69, 9.17) is 11.5 Å². The summed E-state index contributed by atoms with van der Waals surface area (Å²) in [7, 11) is -3.07. The third-order valence-electron chi connectivity index (χ3n) is 1.83. The summed E-state index contributed by atoms with van der Waals surface area (Å²) in [5.41, 5.74) is 0. The molecule has 15 heavy (non-hydrogen) atoms. The molecule has 0 spiro atoms. The zero-order chi connectivity index (χ0) is 11.9. The molecule has 5 nitrogen and oxygen atoms in total. The van der Waals surface area contributed by atoms with Gasteiger partial charge in [0.1, 0.15) is 0 Å². The maximum Gasteiger partial charge on any atom is 0.317 e. The van der Waals surface area contributed by atoms with Crippen LogP contribution in [0.1, 0.15) is 6.92 Å². The molecular formula is C9H15NO4S. The Balaban J connectivity index is 4.19. The van der Waals surface area contributed by atoms with Crippen LogP contribution in [0.4, 0.5) is 0 Å². The molecule has 0 aromatic heterocycles. The van der Waals surface area contributed by atoms with Crippen LogP contribution in [-0.4, -0.2) is 55.5 Å². The van der Waals surface area contributed by atoms with Crippen molar-refractivity contribution in [3.63, 3.8) is 0 Å². The van der Waals surface area contributed by atoms with E-state index >= 15 is 0 Å². The fourth-order valence-corrected chi connectivity index (χ4v) is 1.77. The van der Waals surface area contributed by atoms with Crippen molar-refractivity contribution in [2.24, 2.45) is 0 Å². The van der Waals surface area contributed by atoms with Crippen molar-refractivity contribution in [2.45, 2.75) is 6.92 Å². The smallest absolute Gasteiger partial charge is 0.317 e. The maximum atomic E-state index is 11.2. The summed E-state index contributed by atoms with van der Waals surface area (Å²) >= 11 is 0. The summed E-state index contributed by atoms with van der Waals surface area (Å²) in [6.07, 6.45) is 5.04. The van der Waals surface area contributed by atoms with Crippen molar-refractivity contribution >= 4 is 15.8 Å². The first-order valence-corrected chi connectivity index (χ1v) is 6.31. The van der Waals surface area contributed by atoms with Gasteiger partial charge in [-0.15, -0.1) is 6.42 Å². The number of terminal acetylenes is 1. The number of carboxylic acids is 1. The molecule has 0 bridgehead atoms. The van der Waals surface area contributed by atoms with E-state index in [2.05, 4.69) is 5.92 Å². The number of sulfone groups is 1. The maximum absolute atomic E-state index is 11.2. The van der Waals surface area contributed by atoms with Crippen LogP contribution in [0.2, 0.25) is 0 Å². The summed E-state index contributed by atoms with van der Waals surface area (Å²) < 4.78 is 22.3. The average molecular weight is 233 g/mol. The quantitative estimate of drug-likeness (QED) is 0.597. The SMILES string of the molecule is C#CCN(CCS(=O)(=O)CC)CC(=O)O. The van der Waals surface area contributed by atoms with Gasteiger partial charge in [0, 0.05) is 12.3 Å². The van der Waals surface area contributed by atoms with E-state index in [1.807, 2.05) is 0 Å². The molecule has 1 N–H and O–H groups in total. The highest BCUT2D eigenvalue weighted by atomic mass is 32.2. The predicted molar refractivity (Wildman–Crippen MR) is 57.2 cm³/mol. The molecule has 0 aliphatic carbocycles. The molecule has 0 aromatic rings. The Morgan fingerprint density at radius 3 is 2.53 bits per heavy atom. The summed E-state index contributed by atoms with van der Waals surface area (Å²) in [5, 5.41) is 8.54. The van der Waals surface area contributed by atoms with Crippen LogP contribution < -0.4 is 0 Å². The molecule has 0 heterocycles. The van der Waals surface area contributed by atoms with E-state index in [-0.39, 0.29) is 31.1 Å². The summed E-state index contributed by atoms with van der Waals surface area (Å²) in [5.74, 6) is 1.28. The minimum Gasteiger partial charge on any atom is -0.480 e. The van der Waals surface area contributed by atoms with E-state index in [0.717, 1.165) is 0 Å². The van der Waals surface area contributed by atoms with Crippen molar-refractivity contribution in [1.82, 2.24) is 4.90 Å². The largest absolute Gasteiger partial charge is 0.480 e. The fourth-order valence-electron chi connectivity index (χ4n) is 0.947. The van der Waals surface area contributed by atoms with Gasteiger partial charge < -0.3 is 5.11 Å². The molecule has 6 heteroatoms. The highest BCUT2D eigenvalue weighted by Gasteiger charge is 2.13. The number of nitrogens with zero attached hydrogens (tertiary/aromatic N) is 1. The molecule has 0 radical (unpaired) electrons. The molecule has 0 atom stereocenters. The van der Waals surface area contributed by atoms with Crippen molar-refractivity contribution in [2.75, 3.05) is 31.1 Å². The highest BCUT2D eigenvalue weighted by molar-refractivity contribution is 7.91. The number of aliphatic carboxylic acids is 1. The van der Waals surface area contributed by atoms with Crippen LogP contribution in [0.25, 0.3) is 0 Å². The predicted octanol–water partition coefficient (Wildman–Crippen LogP) is -0.559. The topological polar surface area (TPSA) is 74.7 Å². The lowest BCUT2D eigenvalue weighted by molar-refractivity contribution is -0.138. The minimum atomic E-state index is -3.07. The minimum absolute atomic E-state index is 0.0571. The van der Waals surface area contributed by atoms with Gasteiger partial charge in [-0.1, -0.05) is 12.8 Å². The average Bonchev–Trinajstić information content (AvgIpc) is 2.14. The molecule has 0 aliphatic rings. The van der Waals surface area contributed by atoms with E-state index < -0.39 is 15.8 Å². The monoisotopic (exact) mass is 233 g/mol. The van der Waals surface area contributed by atoms with Crippen LogP contribution in [0.15, 0.2) is 0 Å². The molecular weight excluding hydrogens is 218 g/mol. The molecule has 0 amide bonds. The normalized spacial score (nSPS) is 11.3. The van der Waals surface area contributed by atoms with E-state index in [9.17, 15) is 13.2 Å². The van der Waals surface area contributed by atoms with Crippen molar-refractivity contribution in [3.8, 4) is 12.3 Å². The van der Waals surface area contributed by atoms with E-state index in [1.54, 1.807) is 6.92 Å². The number of carboxylic acid groups (broad SMARTS) is 1. The van der Waals surface area contributed by atoms with Gasteiger partial charge >= 0.3 is 5.97 Å². The van der Waals surface area contributed by atoms with Crippen molar-refractivity contribution in [3.05, 3.63) is 0 Å². The molecule has 0 unspecified atom stereocenters. The van der Waals surface area contributed by atoms with Gasteiger partial charge in [-0.3, -0.25) is 9.69 Å². The second-order valence-electron chi connectivity index (χ2n) is 3.04. The first-order valence-electron chi connectivity index (χ1n) is 4.49. The van der Waals surface area contributed by atoms with Gasteiger partial charge in [0.05, 0.1) is 18.8 Å². The van der Waals surface area contributed by atoms with Crippen LogP contribution in [0.3, 0.4) is 0 Å². The Labute approximate surface area is 90.0 Å². The third-order valence-corrected chi connectivity index (χ3v) is 3.52. The van der Waals surface area contributed by atoms with Gasteiger partial charge in [-0.25, -0.2) is 8.42 Å². The number of hydrogen-bond acceptors (Lipinski definition) is 4. The molecule has 0 fully saturated rings. The number of rotatable bonds is 7. The second-order valence-corrected chi connectivity index (χ2v) is 5.52. The molecule has 0 aromatic carbocycles. The highest BCUT2D eigenvalue weighted by Crippen LogP contribution is 1.94. The first-order chi connectivity index (χ1) is 6.91. The fraction of sp³-hybridized carbons (Fsp3) is 0.667. The standard InChI is InChI=1S/C9H15NO4S/c1-3-5-10(8-9(11)12)6-7-15(13,14)4-2/h1H,4-8H2,2H3,(H,11,12). The van der Waals surface area contributed by atoms with Gasteiger partial charge in [0.2, 0.25) is 0 Å². The van der Waals surface area contributed by atoms with E-state index in [1.165, 1.54) is 4.90 Å². The Morgan fingerprint density at radius 1 is 1.53 bits per heavy atom. The lowest BCUT2D eigenvalue weighted by atomic mass is 10.4. The lowest BCUT2D eigenvalue weighted by Crippen LogP contribution is -2.34. The Hall–Kier alpha value is -1.06. The molecule has 0 saturated carbocycles. The van der Waals surface area contributed by atoms with Crippen molar-refractivity contribution in [1.29, 1.82) is 0 Å². The number of hydrogen-bond donors (Lipinski definition) is 1. The number of carbonyl (C=O) groups is 1. The summed E-state index contributed by atoms with van der Waals surface area (Å²) in [6.45, 7) is 1.62. The Bertz CT molecular complexity index is 342. The van der Waals surface area contributed by atoms with Crippen LogP contribution in [0, 0.1) is 12.3 Å². The second kappa shape index (κ2) is 6.43. The molecule has 0 aliphatic heterocycles. The molecule has 0 saturated heterocycles. The lowest BCUT2D eigenvalue weighted by Gasteiger charge is -2.16. The van der Waals surface area contributed by atoms with Crippen LogP contribution in [-0.2, 0) is 14.6 Å². The first kappa shape index (κ1) is 13.9. The van der Waals surface area contributed by atoms with Gasteiger partial charge in [-0.2, -0.15) is 0 Å². The Kier molecular flexibility index (Phi) is 5.97. The van der Waals surface area contributed by atoms with Crippen molar-refractivity contribution < 1.29 is 18.3 Å². The van der Waals surface area contributed by atoms with Crippen LogP contribution in [0.5, 0.6) is 0 Å². The van der Waals surface area contributed by atoms with Crippen LogP contribution >= 0.6 is 0 Å². The zero-order valence-electron chi connectivity index (χ0n) is 8.64. The third kappa shape index (κ3) is 6.94. The van der Waals surface area contributed by atoms with Gasteiger partial charge in [-0.05, 0) is 0 Å². The molecule has 0 rings (SSSR count). The molecule has 86 valence electrons. The zero-order valence-corrected chi connectivity index (χ0v) is 9.46. The van der Waals surface area contributed by atoms with Gasteiger partial charge in [0.25, 0.3) is 0 Å². The van der Waals surface area contributed by atoms with E-state index in [0.29, 0.717) is 0 Å². The summed E-state index contributed by atoms with van der Waals surface area (Å²) in [6, 6.07) is 0. The summed E-state index contributed by atoms with van der Waals surface area (Å²) in [4.78, 5) is 11.8.